The molecule has 0 fully saturated rings. The maximum Gasteiger partial charge on any atom is 0.220 e. The lowest BCUT2D eigenvalue weighted by Gasteiger charge is -2.13. The number of hydrogen-bond acceptors (Lipinski definition) is 4. The molecule has 1 heterocycles. The minimum Gasteiger partial charge on any atom is -0.497 e. The summed E-state index contributed by atoms with van der Waals surface area (Å²) in [6.45, 7) is 4.33. The van der Waals surface area contributed by atoms with E-state index < -0.39 is 0 Å². The zero-order valence-corrected chi connectivity index (χ0v) is 14.7. The van der Waals surface area contributed by atoms with Gasteiger partial charge in [0.1, 0.15) is 5.75 Å². The molecule has 1 amide bonds. The Morgan fingerprint density at radius 3 is 2.67 bits per heavy atom. The van der Waals surface area contributed by atoms with Crippen molar-refractivity contribution in [3.05, 3.63) is 52.7 Å². The molecule has 1 N–H and O–H groups in total. The highest BCUT2D eigenvalue weighted by Gasteiger charge is 2.11. The predicted molar refractivity (Wildman–Crippen MR) is 93.4 cm³/mol. The highest BCUT2D eigenvalue weighted by atomic mass is 16.5. The van der Waals surface area contributed by atoms with E-state index in [2.05, 4.69) is 10.3 Å². The van der Waals surface area contributed by atoms with E-state index in [1.807, 2.05) is 44.2 Å². The third-order valence-electron chi connectivity index (χ3n) is 3.87. The van der Waals surface area contributed by atoms with Crippen molar-refractivity contribution in [2.75, 3.05) is 14.2 Å². The van der Waals surface area contributed by atoms with Gasteiger partial charge in [-0.05, 0) is 49.6 Å². The van der Waals surface area contributed by atoms with Crippen molar-refractivity contribution in [3.63, 3.8) is 0 Å². The van der Waals surface area contributed by atoms with E-state index in [4.69, 9.17) is 9.47 Å². The van der Waals surface area contributed by atoms with Gasteiger partial charge in [0.15, 0.2) is 0 Å². The predicted octanol–water partition coefficient (Wildman–Crippen LogP) is 2.96. The molecule has 2 rings (SSSR count). The molecule has 0 bridgehead atoms. The summed E-state index contributed by atoms with van der Waals surface area (Å²) in [6, 6.07) is 9.75. The second-order valence-corrected chi connectivity index (χ2v) is 5.70. The van der Waals surface area contributed by atoms with Crippen LogP contribution < -0.4 is 14.8 Å². The molecule has 0 spiro atoms. The van der Waals surface area contributed by atoms with E-state index in [1.165, 1.54) is 0 Å². The number of ether oxygens (including phenoxy) is 2. The maximum absolute atomic E-state index is 12.1. The number of nitrogens with zero attached hydrogens (tertiary/aromatic N) is 1. The van der Waals surface area contributed by atoms with E-state index >= 15 is 0 Å². The number of benzene rings is 1. The molecule has 0 aliphatic carbocycles. The van der Waals surface area contributed by atoms with E-state index in [0.29, 0.717) is 25.3 Å². The first kappa shape index (κ1) is 17.8. The summed E-state index contributed by atoms with van der Waals surface area (Å²) in [7, 11) is 3.23. The standard InChI is InChI=1S/C19H24N2O3/c1-13-10-14(2)21-19(24-4)17(13)12-20-18(22)9-8-15-6-5-7-16(11-15)23-3/h5-7,10-11H,8-9,12H2,1-4H3,(H,20,22). The van der Waals surface area contributed by atoms with Gasteiger partial charge >= 0.3 is 0 Å². The van der Waals surface area contributed by atoms with Crippen molar-refractivity contribution in [1.29, 1.82) is 0 Å². The summed E-state index contributed by atoms with van der Waals surface area (Å²) in [5, 5.41) is 2.94. The molecule has 5 nitrogen and oxygen atoms in total. The molecular weight excluding hydrogens is 304 g/mol. The van der Waals surface area contributed by atoms with Crippen molar-refractivity contribution in [2.45, 2.75) is 33.2 Å². The number of nitrogens with one attached hydrogen (secondary N) is 1. The Morgan fingerprint density at radius 1 is 1.17 bits per heavy atom. The number of aryl methyl sites for hydroxylation is 3. The zero-order chi connectivity index (χ0) is 17.5. The SMILES string of the molecule is COc1cccc(CCC(=O)NCc2c(C)cc(C)nc2OC)c1. The molecule has 0 unspecified atom stereocenters. The summed E-state index contributed by atoms with van der Waals surface area (Å²) in [4.78, 5) is 16.5. The van der Waals surface area contributed by atoms with E-state index in [9.17, 15) is 4.79 Å². The van der Waals surface area contributed by atoms with Crippen molar-refractivity contribution < 1.29 is 14.3 Å². The minimum absolute atomic E-state index is 0.000141. The van der Waals surface area contributed by atoms with Crippen molar-refractivity contribution in [1.82, 2.24) is 10.3 Å². The lowest BCUT2D eigenvalue weighted by Crippen LogP contribution is -2.24. The number of amides is 1. The number of hydrogen-bond donors (Lipinski definition) is 1. The number of rotatable bonds is 7. The van der Waals surface area contributed by atoms with Crippen LogP contribution in [0.5, 0.6) is 11.6 Å². The summed E-state index contributed by atoms with van der Waals surface area (Å²) in [6.07, 6.45) is 1.10. The normalized spacial score (nSPS) is 10.3. The molecule has 0 saturated heterocycles. The number of carbonyl (C=O) groups is 1. The fourth-order valence-electron chi connectivity index (χ4n) is 2.57. The van der Waals surface area contributed by atoms with Gasteiger partial charge in [0.2, 0.25) is 11.8 Å². The smallest absolute Gasteiger partial charge is 0.220 e. The van der Waals surface area contributed by atoms with Crippen LogP contribution in [0.3, 0.4) is 0 Å². The maximum atomic E-state index is 12.1. The van der Waals surface area contributed by atoms with Gasteiger partial charge in [-0.2, -0.15) is 0 Å². The van der Waals surface area contributed by atoms with Gasteiger partial charge < -0.3 is 14.8 Å². The number of pyridine rings is 1. The Kier molecular flexibility index (Phi) is 6.18. The molecule has 24 heavy (non-hydrogen) atoms. The van der Waals surface area contributed by atoms with Crippen molar-refractivity contribution in [3.8, 4) is 11.6 Å². The third-order valence-corrected chi connectivity index (χ3v) is 3.87. The average Bonchev–Trinajstić information content (AvgIpc) is 2.58. The first-order valence-electron chi connectivity index (χ1n) is 7.94. The van der Waals surface area contributed by atoms with Crippen LogP contribution in [0, 0.1) is 13.8 Å². The monoisotopic (exact) mass is 328 g/mol. The molecular formula is C19H24N2O3. The fraction of sp³-hybridized carbons (Fsp3) is 0.368. The van der Waals surface area contributed by atoms with Crippen LogP contribution in [0.4, 0.5) is 0 Å². The Labute approximate surface area is 143 Å². The summed E-state index contributed by atoms with van der Waals surface area (Å²) >= 11 is 0. The Bertz CT molecular complexity index is 714. The summed E-state index contributed by atoms with van der Waals surface area (Å²) < 4.78 is 10.5. The van der Waals surface area contributed by atoms with Crippen LogP contribution in [0.25, 0.3) is 0 Å². The van der Waals surface area contributed by atoms with Gasteiger partial charge in [-0.3, -0.25) is 4.79 Å². The van der Waals surface area contributed by atoms with Crippen molar-refractivity contribution >= 4 is 5.91 Å². The molecule has 5 heteroatoms. The second-order valence-electron chi connectivity index (χ2n) is 5.70. The molecule has 0 radical (unpaired) electrons. The lowest BCUT2D eigenvalue weighted by atomic mass is 10.1. The van der Waals surface area contributed by atoms with E-state index in [0.717, 1.165) is 28.1 Å². The molecule has 1 aromatic heterocycles. The topological polar surface area (TPSA) is 60.5 Å². The highest BCUT2D eigenvalue weighted by molar-refractivity contribution is 5.76. The van der Waals surface area contributed by atoms with Crippen LogP contribution in [0.15, 0.2) is 30.3 Å². The van der Waals surface area contributed by atoms with Gasteiger partial charge in [0.25, 0.3) is 0 Å². The van der Waals surface area contributed by atoms with Gasteiger partial charge in [0, 0.05) is 24.2 Å². The third kappa shape index (κ3) is 4.72. The Morgan fingerprint density at radius 2 is 1.96 bits per heavy atom. The van der Waals surface area contributed by atoms with E-state index in [-0.39, 0.29) is 5.91 Å². The summed E-state index contributed by atoms with van der Waals surface area (Å²) in [5.74, 6) is 1.37. The quantitative estimate of drug-likeness (QED) is 0.849. The molecule has 2 aromatic rings. The Balaban J connectivity index is 1.91. The van der Waals surface area contributed by atoms with Gasteiger partial charge in [-0.1, -0.05) is 12.1 Å². The minimum atomic E-state index is -0.000141. The molecule has 128 valence electrons. The molecule has 1 aromatic carbocycles. The van der Waals surface area contributed by atoms with Gasteiger partial charge in [-0.15, -0.1) is 0 Å². The number of carbonyl (C=O) groups excluding carboxylic acids is 1. The highest BCUT2D eigenvalue weighted by Crippen LogP contribution is 2.20. The van der Waals surface area contributed by atoms with Crippen LogP contribution in [0.1, 0.15) is 28.8 Å². The van der Waals surface area contributed by atoms with Crippen molar-refractivity contribution in [2.24, 2.45) is 0 Å². The van der Waals surface area contributed by atoms with Crippen LogP contribution in [0.2, 0.25) is 0 Å². The number of methoxy groups -OCH3 is 2. The molecule has 0 aliphatic heterocycles. The van der Waals surface area contributed by atoms with Gasteiger partial charge in [-0.25, -0.2) is 4.98 Å². The molecule has 0 saturated carbocycles. The average molecular weight is 328 g/mol. The molecule has 0 atom stereocenters. The largest absolute Gasteiger partial charge is 0.497 e. The Hall–Kier alpha value is -2.56. The van der Waals surface area contributed by atoms with Crippen LogP contribution in [-0.4, -0.2) is 25.1 Å². The fourth-order valence-corrected chi connectivity index (χ4v) is 2.57. The first-order chi connectivity index (χ1) is 11.5. The lowest BCUT2D eigenvalue weighted by molar-refractivity contribution is -0.121. The first-order valence-corrected chi connectivity index (χ1v) is 7.94. The molecule has 0 aliphatic rings. The number of aromatic nitrogens is 1. The van der Waals surface area contributed by atoms with E-state index in [1.54, 1.807) is 14.2 Å². The zero-order valence-electron chi connectivity index (χ0n) is 14.7. The van der Waals surface area contributed by atoms with Gasteiger partial charge in [0.05, 0.1) is 14.2 Å². The van der Waals surface area contributed by atoms with Crippen LogP contribution >= 0.6 is 0 Å². The second kappa shape index (κ2) is 8.34. The van der Waals surface area contributed by atoms with Crippen LogP contribution in [-0.2, 0) is 17.8 Å². The summed E-state index contributed by atoms with van der Waals surface area (Å²) in [5.41, 5.74) is 3.96.